The molecular formula is C42H76O4Sn. The van der Waals surface area contributed by atoms with Crippen LogP contribution in [0.2, 0.25) is 0 Å². The molecule has 47 heavy (non-hydrogen) atoms. The van der Waals surface area contributed by atoms with E-state index in [0.29, 0.717) is 0 Å². The number of hydrogen-bond donors (Lipinski definition) is 0. The summed E-state index contributed by atoms with van der Waals surface area (Å²) in [6.45, 7) is 15.8. The molecule has 0 N–H and O–H groups in total. The van der Waals surface area contributed by atoms with E-state index in [1.54, 1.807) is 12.1 Å². The van der Waals surface area contributed by atoms with Gasteiger partial charge in [-0.2, -0.15) is 0 Å². The minimum absolute atomic E-state index is 0. The first-order valence-electron chi connectivity index (χ1n) is 19.4. The smallest absolute Gasteiger partial charge is 0.550 e. The standard InChI is InChI=1S/C24H48O2.C10H12O2.2C4H9.Sn/c1-2-3-4-5-6-7-8-9-10-11-12-13-14-15-16-17-18-19-20-21-22-23-24(25)26;1-2-3-8-4-6-9(7-5-8)10(11)12;2*1-3-4-2;/h2-23H2,1H3,(H,25,26);4-7H,2-3H2,1H3,(H,11,12);2*1,3-4H2,2H3;/q;;;;+2/p-2. The van der Waals surface area contributed by atoms with Gasteiger partial charge in [0.1, 0.15) is 0 Å². The normalized spacial score (nSPS) is 9.91. The second-order valence-electron chi connectivity index (χ2n) is 12.6. The van der Waals surface area contributed by atoms with Crippen LogP contribution in [0.5, 0.6) is 0 Å². The van der Waals surface area contributed by atoms with E-state index in [1.807, 2.05) is 12.1 Å². The fourth-order valence-corrected chi connectivity index (χ4v) is 4.80. The Hall–Kier alpha value is -1.04. The van der Waals surface area contributed by atoms with Gasteiger partial charge in [0, 0.05) is 5.97 Å². The Balaban J connectivity index is -0.000000360. The number of carbonyl (C=O) groups is 2. The SMILES string of the molecule is CCCCCCCCCCCCCCCCCCCCCCCC(=O)[O-].CCCc1ccc(C(=O)[O-])cc1.[CH2]CCC.[CH2]CCC.[Sn+2]. The van der Waals surface area contributed by atoms with Crippen molar-refractivity contribution >= 4 is 35.8 Å². The van der Waals surface area contributed by atoms with Crippen molar-refractivity contribution in [2.24, 2.45) is 0 Å². The van der Waals surface area contributed by atoms with Crippen molar-refractivity contribution in [2.45, 2.75) is 207 Å². The molecule has 0 atom stereocenters. The Morgan fingerprint density at radius 3 is 1.02 bits per heavy atom. The summed E-state index contributed by atoms with van der Waals surface area (Å²) in [7, 11) is 0. The summed E-state index contributed by atoms with van der Waals surface area (Å²) in [5.74, 6) is -2.01. The molecule has 0 spiro atoms. The third-order valence-corrected chi connectivity index (χ3v) is 7.92. The second kappa shape index (κ2) is 47.1. The molecule has 0 amide bonds. The van der Waals surface area contributed by atoms with Gasteiger partial charge >= 0.3 is 23.9 Å². The van der Waals surface area contributed by atoms with E-state index in [-0.39, 0.29) is 35.9 Å². The molecule has 1 rings (SSSR count). The Morgan fingerprint density at radius 2 is 0.787 bits per heavy atom. The first kappa shape index (κ1) is 52.8. The van der Waals surface area contributed by atoms with Gasteiger partial charge in [0.05, 0.1) is 5.97 Å². The molecule has 0 aromatic heterocycles. The third kappa shape index (κ3) is 49.5. The van der Waals surface area contributed by atoms with Crippen molar-refractivity contribution in [1.82, 2.24) is 0 Å². The Labute approximate surface area is 311 Å². The minimum Gasteiger partial charge on any atom is -0.550 e. The molecule has 5 heteroatoms. The Morgan fingerprint density at radius 1 is 0.489 bits per heavy atom. The first-order valence-corrected chi connectivity index (χ1v) is 19.4. The minimum atomic E-state index is -1.11. The van der Waals surface area contributed by atoms with E-state index in [2.05, 4.69) is 41.5 Å². The summed E-state index contributed by atoms with van der Waals surface area (Å²) in [5.41, 5.74) is 1.41. The molecule has 0 bridgehead atoms. The number of aryl methyl sites for hydroxylation is 1. The molecule has 0 saturated carbocycles. The Bertz CT molecular complexity index is 712. The molecule has 4 radical (unpaired) electrons. The van der Waals surface area contributed by atoms with Gasteiger partial charge in [-0.05, 0) is 30.4 Å². The summed E-state index contributed by atoms with van der Waals surface area (Å²) >= 11 is 0. The molecule has 0 aliphatic carbocycles. The molecule has 0 saturated heterocycles. The van der Waals surface area contributed by atoms with E-state index in [1.165, 1.54) is 140 Å². The number of carbonyl (C=O) groups excluding carboxylic acids is 2. The molecule has 0 aliphatic rings. The van der Waals surface area contributed by atoms with Crippen LogP contribution in [-0.4, -0.2) is 35.8 Å². The molecule has 0 heterocycles. The second-order valence-corrected chi connectivity index (χ2v) is 12.6. The largest absolute Gasteiger partial charge is 2.00 e. The molecule has 1 aromatic carbocycles. The van der Waals surface area contributed by atoms with Crippen molar-refractivity contribution in [2.75, 3.05) is 0 Å². The van der Waals surface area contributed by atoms with Crippen LogP contribution in [-0.2, 0) is 11.2 Å². The van der Waals surface area contributed by atoms with E-state index in [4.69, 9.17) is 0 Å². The molecule has 4 nitrogen and oxygen atoms in total. The maximum Gasteiger partial charge on any atom is 2.00 e. The fraction of sp³-hybridized carbons (Fsp3) is 0.762. The molecule has 0 unspecified atom stereocenters. The number of hydrogen-bond acceptors (Lipinski definition) is 4. The average Bonchev–Trinajstić information content (AvgIpc) is 3.06. The molecule has 0 aliphatic heterocycles. The van der Waals surface area contributed by atoms with Crippen LogP contribution >= 0.6 is 0 Å². The molecular weight excluding hydrogens is 687 g/mol. The predicted molar refractivity (Wildman–Crippen MR) is 203 cm³/mol. The van der Waals surface area contributed by atoms with E-state index in [9.17, 15) is 19.8 Å². The zero-order valence-electron chi connectivity index (χ0n) is 31.7. The van der Waals surface area contributed by atoms with Crippen LogP contribution in [0, 0.1) is 13.8 Å². The van der Waals surface area contributed by atoms with Gasteiger partial charge in [-0.15, -0.1) is 0 Å². The van der Waals surface area contributed by atoms with Crippen molar-refractivity contribution in [3.8, 4) is 0 Å². The van der Waals surface area contributed by atoms with Gasteiger partial charge in [-0.25, -0.2) is 0 Å². The number of carboxylic acids is 2. The topological polar surface area (TPSA) is 80.3 Å². The summed E-state index contributed by atoms with van der Waals surface area (Å²) < 4.78 is 0. The number of aliphatic carboxylic acids is 1. The van der Waals surface area contributed by atoms with Crippen molar-refractivity contribution in [3.63, 3.8) is 0 Å². The van der Waals surface area contributed by atoms with Gasteiger partial charge in [0.25, 0.3) is 0 Å². The molecule has 272 valence electrons. The quantitative estimate of drug-likeness (QED) is 0.0660. The van der Waals surface area contributed by atoms with Crippen LogP contribution in [0.4, 0.5) is 0 Å². The predicted octanol–water partition coefficient (Wildman–Crippen LogP) is 11.2. The van der Waals surface area contributed by atoms with Gasteiger partial charge in [-0.3, -0.25) is 0 Å². The zero-order chi connectivity index (χ0) is 34.9. The molecule has 1 aromatic rings. The van der Waals surface area contributed by atoms with Crippen LogP contribution < -0.4 is 10.2 Å². The average molecular weight is 764 g/mol. The van der Waals surface area contributed by atoms with Crippen molar-refractivity contribution < 1.29 is 19.8 Å². The maximum absolute atomic E-state index is 10.4. The zero-order valence-corrected chi connectivity index (χ0v) is 34.5. The van der Waals surface area contributed by atoms with Crippen molar-refractivity contribution in [1.29, 1.82) is 0 Å². The van der Waals surface area contributed by atoms with Gasteiger partial charge in [0.15, 0.2) is 0 Å². The summed E-state index contributed by atoms with van der Waals surface area (Å²) in [4.78, 5) is 20.6. The van der Waals surface area contributed by atoms with Crippen molar-refractivity contribution in [3.05, 3.63) is 49.2 Å². The first-order chi connectivity index (χ1) is 22.3. The van der Waals surface area contributed by atoms with Crippen LogP contribution in [0.1, 0.15) is 217 Å². The maximum atomic E-state index is 10.4. The van der Waals surface area contributed by atoms with Crippen LogP contribution in [0.15, 0.2) is 24.3 Å². The van der Waals surface area contributed by atoms with Gasteiger partial charge in [-0.1, -0.05) is 226 Å². The Kier molecular flexibility index (Phi) is 52.9. The van der Waals surface area contributed by atoms with Crippen LogP contribution in [0.3, 0.4) is 0 Å². The molecule has 0 fully saturated rings. The van der Waals surface area contributed by atoms with E-state index >= 15 is 0 Å². The number of rotatable bonds is 27. The number of unbranched alkanes of at least 4 members (excludes halogenated alkanes) is 22. The number of carboxylic acid groups (broad SMARTS) is 2. The summed E-state index contributed by atoms with van der Waals surface area (Å²) in [5, 5.41) is 20.6. The summed E-state index contributed by atoms with van der Waals surface area (Å²) in [6, 6.07) is 6.82. The van der Waals surface area contributed by atoms with Gasteiger partial charge < -0.3 is 19.8 Å². The van der Waals surface area contributed by atoms with Gasteiger partial charge in [0.2, 0.25) is 0 Å². The monoisotopic (exact) mass is 764 g/mol. The number of benzene rings is 1. The van der Waals surface area contributed by atoms with E-state index in [0.717, 1.165) is 38.5 Å². The van der Waals surface area contributed by atoms with E-state index < -0.39 is 11.9 Å². The van der Waals surface area contributed by atoms with Crippen LogP contribution in [0.25, 0.3) is 0 Å². The third-order valence-electron chi connectivity index (χ3n) is 7.92. The fourth-order valence-electron chi connectivity index (χ4n) is 4.80. The number of aromatic carboxylic acids is 1. The summed E-state index contributed by atoms with van der Waals surface area (Å²) in [6.07, 6.45) is 35.3.